The second-order valence-electron chi connectivity index (χ2n) is 7.35. The fourth-order valence-electron chi connectivity index (χ4n) is 2.50. The predicted octanol–water partition coefficient (Wildman–Crippen LogP) is 3.47. The molecule has 0 aliphatic rings. The average molecular weight is 402 g/mol. The van der Waals surface area contributed by atoms with Crippen molar-refractivity contribution in [2.45, 2.75) is 26.2 Å². The van der Waals surface area contributed by atoms with Crippen molar-refractivity contribution in [2.75, 3.05) is 26.9 Å². The Morgan fingerprint density at radius 2 is 1.76 bits per heavy atom. The van der Waals surface area contributed by atoms with E-state index < -0.39 is 4.92 Å². The molecular weight excluding hydrogens is 376 g/mol. The Morgan fingerprint density at radius 3 is 2.34 bits per heavy atom. The molecule has 2 aromatic carbocycles. The van der Waals surface area contributed by atoms with Crippen LogP contribution in [0.25, 0.3) is 0 Å². The van der Waals surface area contributed by atoms with Gasteiger partial charge in [-0.2, -0.15) is 0 Å². The summed E-state index contributed by atoms with van der Waals surface area (Å²) in [6, 6.07) is 11.8. The molecule has 0 radical (unpaired) electrons. The molecule has 8 heteroatoms. The molecule has 0 saturated carbocycles. The molecule has 1 amide bonds. The zero-order chi connectivity index (χ0) is 21.4. The Hall–Kier alpha value is -3.29. The number of nitro benzene ring substituents is 1. The van der Waals surface area contributed by atoms with E-state index in [0.29, 0.717) is 18.9 Å². The SMILES string of the molecule is COc1ccc([N+](=O)[O-])cc1OCC(=O)NCCOc1ccc(C(C)(C)C)cc1. The Morgan fingerprint density at radius 1 is 1.07 bits per heavy atom. The predicted molar refractivity (Wildman–Crippen MR) is 109 cm³/mol. The van der Waals surface area contributed by atoms with E-state index in [9.17, 15) is 14.9 Å². The zero-order valence-electron chi connectivity index (χ0n) is 17.1. The van der Waals surface area contributed by atoms with Gasteiger partial charge in [0.05, 0.1) is 24.6 Å². The number of carbonyl (C=O) groups excluding carboxylic acids is 1. The number of nitro groups is 1. The van der Waals surface area contributed by atoms with Crippen molar-refractivity contribution < 1.29 is 23.9 Å². The summed E-state index contributed by atoms with van der Waals surface area (Å²) in [4.78, 5) is 22.3. The van der Waals surface area contributed by atoms with Gasteiger partial charge < -0.3 is 19.5 Å². The van der Waals surface area contributed by atoms with Crippen LogP contribution in [0.15, 0.2) is 42.5 Å². The van der Waals surface area contributed by atoms with Gasteiger partial charge in [-0.05, 0) is 29.2 Å². The van der Waals surface area contributed by atoms with Crippen LogP contribution in [0.2, 0.25) is 0 Å². The van der Waals surface area contributed by atoms with Gasteiger partial charge in [0, 0.05) is 6.07 Å². The molecular formula is C21H26N2O6. The van der Waals surface area contributed by atoms with Crippen molar-refractivity contribution in [3.05, 3.63) is 58.1 Å². The van der Waals surface area contributed by atoms with Crippen molar-refractivity contribution in [3.8, 4) is 17.2 Å². The number of carbonyl (C=O) groups is 1. The maximum atomic E-state index is 11.9. The molecule has 0 bridgehead atoms. The van der Waals surface area contributed by atoms with E-state index >= 15 is 0 Å². The molecule has 0 unspecified atom stereocenters. The second-order valence-corrected chi connectivity index (χ2v) is 7.35. The third-order valence-electron chi connectivity index (χ3n) is 4.13. The highest BCUT2D eigenvalue weighted by Gasteiger charge is 2.14. The zero-order valence-corrected chi connectivity index (χ0v) is 17.1. The third-order valence-corrected chi connectivity index (χ3v) is 4.13. The van der Waals surface area contributed by atoms with Crippen LogP contribution in [-0.2, 0) is 10.2 Å². The topological polar surface area (TPSA) is 99.9 Å². The lowest BCUT2D eigenvalue weighted by Crippen LogP contribution is -2.32. The second kappa shape index (κ2) is 9.77. The van der Waals surface area contributed by atoms with Crippen molar-refractivity contribution in [2.24, 2.45) is 0 Å². The molecule has 156 valence electrons. The van der Waals surface area contributed by atoms with Crippen LogP contribution in [0.4, 0.5) is 5.69 Å². The van der Waals surface area contributed by atoms with Gasteiger partial charge in [-0.1, -0.05) is 32.9 Å². The maximum absolute atomic E-state index is 11.9. The van der Waals surface area contributed by atoms with Gasteiger partial charge in [-0.15, -0.1) is 0 Å². The average Bonchev–Trinajstić information content (AvgIpc) is 2.69. The smallest absolute Gasteiger partial charge is 0.273 e. The van der Waals surface area contributed by atoms with Crippen LogP contribution in [0.5, 0.6) is 17.2 Å². The summed E-state index contributed by atoms with van der Waals surface area (Å²) in [7, 11) is 1.42. The van der Waals surface area contributed by atoms with Gasteiger partial charge in [-0.25, -0.2) is 0 Å². The molecule has 29 heavy (non-hydrogen) atoms. The van der Waals surface area contributed by atoms with Crippen LogP contribution in [0.3, 0.4) is 0 Å². The van der Waals surface area contributed by atoms with Gasteiger partial charge in [0.2, 0.25) is 0 Å². The Balaban J connectivity index is 1.76. The maximum Gasteiger partial charge on any atom is 0.273 e. The van der Waals surface area contributed by atoms with Gasteiger partial charge in [0.1, 0.15) is 12.4 Å². The first-order valence-corrected chi connectivity index (χ1v) is 9.16. The first kappa shape index (κ1) is 22.0. The van der Waals surface area contributed by atoms with E-state index in [1.165, 1.54) is 30.9 Å². The van der Waals surface area contributed by atoms with Gasteiger partial charge in [0.25, 0.3) is 11.6 Å². The number of hydrogen-bond acceptors (Lipinski definition) is 6. The summed E-state index contributed by atoms with van der Waals surface area (Å²) >= 11 is 0. The summed E-state index contributed by atoms with van der Waals surface area (Å²) in [5.74, 6) is 0.799. The van der Waals surface area contributed by atoms with Crippen molar-refractivity contribution in [3.63, 3.8) is 0 Å². The molecule has 0 saturated heterocycles. The van der Waals surface area contributed by atoms with Crippen molar-refractivity contribution in [1.29, 1.82) is 0 Å². The first-order chi connectivity index (χ1) is 13.7. The Labute approximate surface area is 169 Å². The lowest BCUT2D eigenvalue weighted by atomic mass is 9.87. The summed E-state index contributed by atoms with van der Waals surface area (Å²) in [6.07, 6.45) is 0. The van der Waals surface area contributed by atoms with E-state index in [2.05, 4.69) is 26.1 Å². The van der Waals surface area contributed by atoms with Gasteiger partial charge in [0.15, 0.2) is 18.1 Å². The molecule has 0 aromatic heterocycles. The molecule has 0 spiro atoms. The van der Waals surface area contributed by atoms with Crippen LogP contribution in [0.1, 0.15) is 26.3 Å². The number of rotatable bonds is 9. The monoisotopic (exact) mass is 402 g/mol. The third kappa shape index (κ3) is 6.67. The van der Waals surface area contributed by atoms with Crippen LogP contribution in [0, 0.1) is 10.1 Å². The number of nitrogens with one attached hydrogen (secondary N) is 1. The fourth-order valence-corrected chi connectivity index (χ4v) is 2.50. The first-order valence-electron chi connectivity index (χ1n) is 9.16. The van der Waals surface area contributed by atoms with Crippen LogP contribution >= 0.6 is 0 Å². The van der Waals surface area contributed by atoms with Gasteiger partial charge in [-0.3, -0.25) is 14.9 Å². The number of amides is 1. The highest BCUT2D eigenvalue weighted by Crippen LogP contribution is 2.31. The quantitative estimate of drug-likeness (QED) is 0.392. The molecule has 2 aromatic rings. The van der Waals surface area contributed by atoms with Crippen LogP contribution < -0.4 is 19.5 Å². The lowest BCUT2D eigenvalue weighted by Gasteiger charge is -2.19. The Bertz CT molecular complexity index is 843. The minimum atomic E-state index is -0.544. The molecule has 0 fully saturated rings. The highest BCUT2D eigenvalue weighted by atomic mass is 16.6. The minimum absolute atomic E-state index is 0.0777. The van der Waals surface area contributed by atoms with E-state index in [1.807, 2.05) is 24.3 Å². The van der Waals surface area contributed by atoms with Crippen molar-refractivity contribution >= 4 is 11.6 Å². The Kier molecular flexibility index (Phi) is 7.41. The van der Waals surface area contributed by atoms with E-state index in [4.69, 9.17) is 14.2 Å². The number of nitrogens with zero attached hydrogens (tertiary/aromatic N) is 1. The molecule has 0 aliphatic carbocycles. The number of non-ortho nitro benzene ring substituents is 1. The van der Waals surface area contributed by atoms with Crippen molar-refractivity contribution in [1.82, 2.24) is 5.32 Å². The number of benzene rings is 2. The molecule has 0 heterocycles. The standard InChI is InChI=1S/C21H26N2O6/c1-21(2,3)15-5-8-17(9-6-15)28-12-11-22-20(24)14-29-19-13-16(23(25)26)7-10-18(19)27-4/h5-10,13H,11-12,14H2,1-4H3,(H,22,24). The normalized spacial score (nSPS) is 10.9. The molecule has 1 N–H and O–H groups in total. The summed E-state index contributed by atoms with van der Waals surface area (Å²) in [5, 5.41) is 13.5. The minimum Gasteiger partial charge on any atom is -0.493 e. The lowest BCUT2D eigenvalue weighted by molar-refractivity contribution is -0.385. The molecule has 0 aliphatic heterocycles. The number of methoxy groups -OCH3 is 1. The van der Waals surface area contributed by atoms with Crippen LogP contribution in [-0.4, -0.2) is 37.7 Å². The number of hydrogen-bond donors (Lipinski definition) is 1. The summed E-state index contributed by atoms with van der Waals surface area (Å²) in [5.41, 5.74) is 1.15. The summed E-state index contributed by atoms with van der Waals surface area (Å²) < 4.78 is 16.1. The fraction of sp³-hybridized carbons (Fsp3) is 0.381. The molecule has 0 atom stereocenters. The molecule has 2 rings (SSSR count). The molecule has 8 nitrogen and oxygen atoms in total. The van der Waals surface area contributed by atoms with Gasteiger partial charge >= 0.3 is 0 Å². The van der Waals surface area contributed by atoms with E-state index in [0.717, 1.165) is 5.75 Å². The largest absolute Gasteiger partial charge is 0.493 e. The highest BCUT2D eigenvalue weighted by molar-refractivity contribution is 5.77. The van der Waals surface area contributed by atoms with E-state index in [1.54, 1.807) is 0 Å². The van der Waals surface area contributed by atoms with E-state index in [-0.39, 0.29) is 29.4 Å². The summed E-state index contributed by atoms with van der Waals surface area (Å²) in [6.45, 7) is 6.74. The number of ether oxygens (including phenoxy) is 3.